The number of carbonyl (C=O) groups is 2. The van der Waals surface area contributed by atoms with Gasteiger partial charge in [-0.1, -0.05) is 6.92 Å². The van der Waals surface area contributed by atoms with E-state index >= 15 is 0 Å². The van der Waals surface area contributed by atoms with Crippen LogP contribution in [-0.2, 0) is 30.8 Å². The molecule has 3 aliphatic heterocycles. The minimum Gasteiger partial charge on any atom is -0.377 e. The maximum Gasteiger partial charge on any atom is 0.240 e. The molecule has 32 heavy (non-hydrogen) atoms. The first-order valence-electron chi connectivity index (χ1n) is 11.7. The molecule has 1 unspecified atom stereocenters. The van der Waals surface area contributed by atoms with Crippen LogP contribution in [0.3, 0.4) is 0 Å². The van der Waals surface area contributed by atoms with Crippen molar-refractivity contribution in [3.63, 3.8) is 0 Å². The standard InChI is InChI=1S/C23H33N3O5S/c1-17-8-11-25(12-9-17)22(27)6-7-23(28)26-13-10-18-15-20(4-5-21(18)26)32(29,30)24-16-19-3-2-14-31-19/h4-5,15,17,19,24H,2-3,6-14,16H2,1H3. The zero-order valence-corrected chi connectivity index (χ0v) is 19.5. The van der Waals surface area contributed by atoms with E-state index in [-0.39, 0.29) is 42.2 Å². The monoisotopic (exact) mass is 463 g/mol. The predicted octanol–water partition coefficient (Wildman–Crippen LogP) is 2.07. The molecule has 2 amide bonds. The summed E-state index contributed by atoms with van der Waals surface area (Å²) in [6, 6.07) is 4.90. The number of sulfonamides is 1. The van der Waals surface area contributed by atoms with Crippen LogP contribution in [-0.4, -0.2) is 64.0 Å². The van der Waals surface area contributed by atoms with Crippen LogP contribution < -0.4 is 9.62 Å². The molecule has 1 N–H and O–H groups in total. The molecule has 1 aromatic carbocycles. The van der Waals surface area contributed by atoms with E-state index < -0.39 is 10.0 Å². The lowest BCUT2D eigenvalue weighted by atomic mass is 9.99. The highest BCUT2D eigenvalue weighted by Crippen LogP contribution is 2.31. The normalized spacial score (nSPS) is 21.7. The summed E-state index contributed by atoms with van der Waals surface area (Å²) in [5.74, 6) is 0.611. The summed E-state index contributed by atoms with van der Waals surface area (Å²) < 4.78 is 33.4. The Kier molecular flexibility index (Phi) is 7.17. The van der Waals surface area contributed by atoms with Crippen LogP contribution >= 0.6 is 0 Å². The average molecular weight is 464 g/mol. The Morgan fingerprint density at radius 3 is 2.56 bits per heavy atom. The number of piperidine rings is 1. The molecule has 9 heteroatoms. The van der Waals surface area contributed by atoms with Crippen LogP contribution in [0.5, 0.6) is 0 Å². The first kappa shape index (κ1) is 23.2. The summed E-state index contributed by atoms with van der Waals surface area (Å²) in [4.78, 5) is 29.0. The van der Waals surface area contributed by atoms with Gasteiger partial charge in [0.15, 0.2) is 0 Å². The van der Waals surface area contributed by atoms with Crippen molar-refractivity contribution in [1.29, 1.82) is 0 Å². The fourth-order valence-corrected chi connectivity index (χ4v) is 5.78. The largest absolute Gasteiger partial charge is 0.377 e. The number of benzene rings is 1. The predicted molar refractivity (Wildman–Crippen MR) is 121 cm³/mol. The summed E-state index contributed by atoms with van der Waals surface area (Å²) in [6.07, 6.45) is 4.80. The van der Waals surface area contributed by atoms with Gasteiger partial charge in [0.25, 0.3) is 0 Å². The van der Waals surface area contributed by atoms with Gasteiger partial charge in [0.05, 0.1) is 11.0 Å². The lowest BCUT2D eigenvalue weighted by molar-refractivity contribution is -0.134. The summed E-state index contributed by atoms with van der Waals surface area (Å²) in [5, 5.41) is 0. The van der Waals surface area contributed by atoms with Gasteiger partial charge in [0.1, 0.15) is 0 Å². The Balaban J connectivity index is 1.33. The molecule has 2 fully saturated rings. The fourth-order valence-electron chi connectivity index (χ4n) is 4.66. The second-order valence-corrected chi connectivity index (χ2v) is 10.9. The molecule has 0 radical (unpaired) electrons. The van der Waals surface area contributed by atoms with E-state index in [1.54, 1.807) is 23.1 Å². The third-order valence-corrected chi connectivity index (χ3v) is 8.19. The molecule has 8 nitrogen and oxygen atoms in total. The maximum atomic E-state index is 12.8. The van der Waals surface area contributed by atoms with Gasteiger partial charge in [-0.15, -0.1) is 0 Å². The van der Waals surface area contributed by atoms with E-state index in [1.165, 1.54) is 0 Å². The topological polar surface area (TPSA) is 96.0 Å². The number of carbonyl (C=O) groups excluding carboxylic acids is 2. The van der Waals surface area contributed by atoms with Crippen LogP contribution in [0.15, 0.2) is 23.1 Å². The number of amides is 2. The minimum atomic E-state index is -3.63. The quantitative estimate of drug-likeness (QED) is 0.668. The Hall–Kier alpha value is -1.97. The van der Waals surface area contributed by atoms with Crippen molar-refractivity contribution in [1.82, 2.24) is 9.62 Å². The van der Waals surface area contributed by atoms with Gasteiger partial charge in [-0.05, 0) is 61.8 Å². The van der Waals surface area contributed by atoms with Crippen LogP contribution in [0.25, 0.3) is 0 Å². The highest BCUT2D eigenvalue weighted by molar-refractivity contribution is 7.89. The molecule has 1 aromatic rings. The number of rotatable bonds is 7. The van der Waals surface area contributed by atoms with Crippen molar-refractivity contribution in [2.45, 2.75) is 62.9 Å². The second kappa shape index (κ2) is 9.89. The van der Waals surface area contributed by atoms with Gasteiger partial charge >= 0.3 is 0 Å². The maximum absolute atomic E-state index is 12.8. The van der Waals surface area contributed by atoms with Crippen molar-refractivity contribution in [3.8, 4) is 0 Å². The van der Waals surface area contributed by atoms with Crippen molar-refractivity contribution in [2.75, 3.05) is 37.7 Å². The van der Waals surface area contributed by atoms with Crippen LogP contribution in [0, 0.1) is 5.92 Å². The molecule has 2 saturated heterocycles. The number of nitrogens with zero attached hydrogens (tertiary/aromatic N) is 2. The number of ether oxygens (including phenoxy) is 1. The van der Waals surface area contributed by atoms with Crippen molar-refractivity contribution in [2.24, 2.45) is 5.92 Å². The third kappa shape index (κ3) is 5.32. The molecule has 0 bridgehead atoms. The minimum absolute atomic E-state index is 0.0448. The average Bonchev–Trinajstić information content (AvgIpc) is 3.46. The summed E-state index contributed by atoms with van der Waals surface area (Å²) >= 11 is 0. The lowest BCUT2D eigenvalue weighted by Gasteiger charge is -2.30. The number of nitrogens with one attached hydrogen (secondary N) is 1. The molecule has 0 aliphatic carbocycles. The van der Waals surface area contributed by atoms with Gasteiger partial charge in [0.2, 0.25) is 21.8 Å². The Labute approximate surface area is 190 Å². The van der Waals surface area contributed by atoms with E-state index in [9.17, 15) is 18.0 Å². The molecule has 176 valence electrons. The van der Waals surface area contributed by atoms with Gasteiger partial charge < -0.3 is 14.5 Å². The van der Waals surface area contributed by atoms with E-state index in [0.717, 1.165) is 50.0 Å². The number of hydrogen-bond acceptors (Lipinski definition) is 5. The molecular weight excluding hydrogens is 430 g/mol. The molecule has 0 aromatic heterocycles. The van der Waals surface area contributed by atoms with E-state index in [4.69, 9.17) is 4.74 Å². The number of anilines is 1. The Bertz CT molecular complexity index is 950. The molecule has 3 heterocycles. The molecule has 3 aliphatic rings. The van der Waals surface area contributed by atoms with E-state index in [0.29, 0.717) is 25.5 Å². The molecule has 0 saturated carbocycles. The van der Waals surface area contributed by atoms with E-state index in [1.807, 2.05) is 4.90 Å². The van der Waals surface area contributed by atoms with Crippen LogP contribution in [0.4, 0.5) is 5.69 Å². The highest BCUT2D eigenvalue weighted by atomic mass is 32.2. The molecule has 1 atom stereocenters. The van der Waals surface area contributed by atoms with E-state index in [2.05, 4.69) is 11.6 Å². The summed E-state index contributed by atoms with van der Waals surface area (Å²) in [7, 11) is -3.63. The van der Waals surface area contributed by atoms with Crippen molar-refractivity contribution < 1.29 is 22.7 Å². The van der Waals surface area contributed by atoms with Gasteiger partial charge in [-0.3, -0.25) is 9.59 Å². The zero-order chi connectivity index (χ0) is 22.7. The van der Waals surface area contributed by atoms with Gasteiger partial charge in [0, 0.05) is 51.3 Å². The molecule has 0 spiro atoms. The Morgan fingerprint density at radius 2 is 1.84 bits per heavy atom. The SMILES string of the molecule is CC1CCN(C(=O)CCC(=O)N2CCc3cc(S(=O)(=O)NCC4CCCO4)ccc32)CC1. The fraction of sp³-hybridized carbons (Fsp3) is 0.652. The zero-order valence-electron chi connectivity index (χ0n) is 18.7. The number of likely N-dealkylation sites (tertiary alicyclic amines) is 1. The first-order valence-corrected chi connectivity index (χ1v) is 13.1. The van der Waals surface area contributed by atoms with Gasteiger partial charge in [-0.25, -0.2) is 13.1 Å². The summed E-state index contributed by atoms with van der Waals surface area (Å²) in [6.45, 7) is 5.22. The molecule has 4 rings (SSSR count). The van der Waals surface area contributed by atoms with Crippen LogP contribution in [0.1, 0.15) is 51.0 Å². The first-order chi connectivity index (χ1) is 15.3. The Morgan fingerprint density at radius 1 is 1.09 bits per heavy atom. The smallest absolute Gasteiger partial charge is 0.240 e. The molecular formula is C23H33N3O5S. The second-order valence-electron chi connectivity index (χ2n) is 9.14. The van der Waals surface area contributed by atoms with Gasteiger partial charge in [-0.2, -0.15) is 0 Å². The van der Waals surface area contributed by atoms with Crippen molar-refractivity contribution in [3.05, 3.63) is 23.8 Å². The van der Waals surface area contributed by atoms with Crippen molar-refractivity contribution >= 4 is 27.5 Å². The third-order valence-electron chi connectivity index (χ3n) is 6.77. The number of hydrogen-bond donors (Lipinski definition) is 1. The van der Waals surface area contributed by atoms with Crippen LogP contribution in [0.2, 0.25) is 0 Å². The highest BCUT2D eigenvalue weighted by Gasteiger charge is 2.28. The lowest BCUT2D eigenvalue weighted by Crippen LogP contribution is -2.38. The number of fused-ring (bicyclic) bond motifs is 1. The summed E-state index contributed by atoms with van der Waals surface area (Å²) in [5.41, 5.74) is 1.59.